The van der Waals surface area contributed by atoms with Crippen LogP contribution in [0, 0.1) is 17.5 Å². The highest BCUT2D eigenvalue weighted by Crippen LogP contribution is 2.52. The van der Waals surface area contributed by atoms with Crippen LogP contribution in [0.15, 0.2) is 42.5 Å². The molecule has 1 nitrogen and oxygen atoms in total. The quantitative estimate of drug-likeness (QED) is 0.838. The summed E-state index contributed by atoms with van der Waals surface area (Å²) < 4.78 is 40.4. The number of rotatable bonds is 3. The summed E-state index contributed by atoms with van der Waals surface area (Å²) in [5.41, 5.74) is 0.0946. The lowest BCUT2D eigenvalue weighted by Gasteiger charge is -2.46. The van der Waals surface area contributed by atoms with E-state index in [1.54, 1.807) is 0 Å². The summed E-state index contributed by atoms with van der Waals surface area (Å²) in [6.07, 6.45) is 1.11. The second kappa shape index (κ2) is 5.19. The second-order valence-electron chi connectivity index (χ2n) is 5.54. The fourth-order valence-corrected chi connectivity index (χ4v) is 3.10. The second-order valence-corrected chi connectivity index (χ2v) is 5.54. The van der Waals surface area contributed by atoms with E-state index in [-0.39, 0.29) is 5.56 Å². The van der Waals surface area contributed by atoms with E-state index >= 15 is 0 Å². The number of aliphatic hydroxyl groups excluding tert-OH is 1. The molecule has 0 amide bonds. The van der Waals surface area contributed by atoms with E-state index in [2.05, 4.69) is 0 Å². The third-order valence-corrected chi connectivity index (χ3v) is 4.48. The van der Waals surface area contributed by atoms with Gasteiger partial charge in [0.15, 0.2) is 17.5 Å². The lowest BCUT2D eigenvalue weighted by Crippen LogP contribution is -2.41. The molecule has 1 aliphatic rings. The van der Waals surface area contributed by atoms with Crippen molar-refractivity contribution in [1.82, 2.24) is 0 Å². The minimum atomic E-state index is -1.53. The average Bonchev–Trinajstić information content (AvgIpc) is 2.45. The Morgan fingerprint density at radius 2 is 1.57 bits per heavy atom. The van der Waals surface area contributed by atoms with Gasteiger partial charge in [-0.05, 0) is 24.5 Å². The molecule has 1 aliphatic carbocycles. The van der Waals surface area contributed by atoms with Crippen molar-refractivity contribution in [3.05, 3.63) is 71.0 Å². The maximum Gasteiger partial charge on any atom is 0.194 e. The Labute approximate surface area is 121 Å². The zero-order valence-corrected chi connectivity index (χ0v) is 11.3. The Bertz CT molecular complexity index is 651. The van der Waals surface area contributed by atoms with Crippen LogP contribution in [-0.2, 0) is 5.41 Å². The number of benzene rings is 2. The van der Waals surface area contributed by atoms with E-state index in [0.29, 0.717) is 12.8 Å². The van der Waals surface area contributed by atoms with Crippen molar-refractivity contribution in [3.63, 3.8) is 0 Å². The predicted molar refractivity (Wildman–Crippen MR) is 73.2 cm³/mol. The third kappa shape index (κ3) is 2.14. The Morgan fingerprint density at radius 3 is 2.14 bits per heavy atom. The van der Waals surface area contributed by atoms with E-state index in [1.165, 1.54) is 0 Å². The van der Waals surface area contributed by atoms with Gasteiger partial charge in [0, 0.05) is 11.0 Å². The average molecular weight is 292 g/mol. The summed E-state index contributed by atoms with van der Waals surface area (Å²) in [4.78, 5) is 0. The van der Waals surface area contributed by atoms with Crippen LogP contribution in [0.4, 0.5) is 13.2 Å². The third-order valence-electron chi connectivity index (χ3n) is 4.48. The summed E-state index contributed by atoms with van der Waals surface area (Å²) in [5, 5.41) is 10.6. The molecule has 0 aliphatic heterocycles. The Balaban J connectivity index is 2.05. The van der Waals surface area contributed by atoms with Gasteiger partial charge in [-0.15, -0.1) is 0 Å². The van der Waals surface area contributed by atoms with Crippen LogP contribution in [0.1, 0.15) is 36.5 Å². The number of hydrogen-bond donors (Lipinski definition) is 1. The van der Waals surface area contributed by atoms with Gasteiger partial charge in [-0.2, -0.15) is 0 Å². The molecule has 0 bridgehead atoms. The largest absolute Gasteiger partial charge is 0.387 e. The van der Waals surface area contributed by atoms with Crippen LogP contribution in [0.5, 0.6) is 0 Å². The molecule has 1 unspecified atom stereocenters. The normalized spacial score (nSPS) is 18.1. The standard InChI is InChI=1S/C17H15F3O/c18-13-8-7-12(14(19)15(13)20)16(21)17(9-4-10-17)11-5-2-1-3-6-11/h1-3,5-8,16,21H,4,9-10H2. The van der Waals surface area contributed by atoms with Crippen LogP contribution in [0.3, 0.4) is 0 Å². The highest BCUT2D eigenvalue weighted by molar-refractivity contribution is 5.35. The van der Waals surface area contributed by atoms with Crippen molar-refractivity contribution >= 4 is 0 Å². The van der Waals surface area contributed by atoms with Crippen LogP contribution < -0.4 is 0 Å². The molecule has 1 saturated carbocycles. The van der Waals surface area contributed by atoms with Crippen LogP contribution in [-0.4, -0.2) is 5.11 Å². The molecule has 110 valence electrons. The van der Waals surface area contributed by atoms with Gasteiger partial charge < -0.3 is 5.11 Å². The molecule has 21 heavy (non-hydrogen) atoms. The van der Waals surface area contributed by atoms with Gasteiger partial charge in [0.1, 0.15) is 0 Å². The molecular weight excluding hydrogens is 277 g/mol. The number of aliphatic hydroxyl groups is 1. The first-order valence-electron chi connectivity index (χ1n) is 6.93. The molecule has 0 heterocycles. The topological polar surface area (TPSA) is 20.2 Å². The van der Waals surface area contributed by atoms with Crippen LogP contribution in [0.2, 0.25) is 0 Å². The van der Waals surface area contributed by atoms with E-state index in [9.17, 15) is 18.3 Å². The molecule has 0 spiro atoms. The fourth-order valence-electron chi connectivity index (χ4n) is 3.10. The molecular formula is C17H15F3O. The first-order chi connectivity index (χ1) is 10.1. The lowest BCUT2D eigenvalue weighted by atomic mass is 9.60. The Morgan fingerprint density at radius 1 is 0.905 bits per heavy atom. The van der Waals surface area contributed by atoms with Crippen molar-refractivity contribution in [2.24, 2.45) is 0 Å². The number of hydrogen-bond acceptors (Lipinski definition) is 1. The minimum Gasteiger partial charge on any atom is -0.387 e. The molecule has 2 aromatic carbocycles. The van der Waals surface area contributed by atoms with Gasteiger partial charge in [0.25, 0.3) is 0 Å². The SMILES string of the molecule is OC(c1ccc(F)c(F)c1F)C1(c2ccccc2)CCC1. The summed E-state index contributed by atoms with van der Waals surface area (Å²) >= 11 is 0. The van der Waals surface area contributed by atoms with Crippen molar-refractivity contribution in [2.75, 3.05) is 0 Å². The smallest absolute Gasteiger partial charge is 0.194 e. The first kappa shape index (κ1) is 14.1. The molecule has 2 aromatic rings. The van der Waals surface area contributed by atoms with Gasteiger partial charge in [-0.1, -0.05) is 42.8 Å². The van der Waals surface area contributed by atoms with Gasteiger partial charge in [-0.25, -0.2) is 13.2 Å². The van der Waals surface area contributed by atoms with Crippen molar-refractivity contribution in [3.8, 4) is 0 Å². The highest BCUT2D eigenvalue weighted by atomic mass is 19.2. The zero-order valence-electron chi connectivity index (χ0n) is 11.3. The van der Waals surface area contributed by atoms with Crippen molar-refractivity contribution in [2.45, 2.75) is 30.8 Å². The molecule has 3 rings (SSSR count). The van der Waals surface area contributed by atoms with Crippen LogP contribution >= 0.6 is 0 Å². The Kier molecular flexibility index (Phi) is 3.49. The van der Waals surface area contributed by atoms with Gasteiger partial charge in [0.2, 0.25) is 0 Å². The Hall–Kier alpha value is -1.81. The maximum absolute atomic E-state index is 13.9. The molecule has 1 fully saturated rings. The van der Waals surface area contributed by atoms with Crippen molar-refractivity contribution < 1.29 is 18.3 Å². The summed E-state index contributed by atoms with van der Waals surface area (Å²) in [7, 11) is 0. The molecule has 0 aromatic heterocycles. The predicted octanol–water partition coefficient (Wildman–Crippen LogP) is 4.26. The maximum atomic E-state index is 13.9. The van der Waals surface area contributed by atoms with E-state index in [0.717, 1.165) is 24.1 Å². The van der Waals surface area contributed by atoms with E-state index < -0.39 is 29.0 Å². The lowest BCUT2D eigenvalue weighted by molar-refractivity contribution is 0.0238. The molecule has 1 atom stereocenters. The molecule has 1 N–H and O–H groups in total. The van der Waals surface area contributed by atoms with Crippen molar-refractivity contribution in [1.29, 1.82) is 0 Å². The molecule has 4 heteroatoms. The monoisotopic (exact) mass is 292 g/mol. The fraction of sp³-hybridized carbons (Fsp3) is 0.294. The molecule has 0 saturated heterocycles. The van der Waals surface area contributed by atoms with Gasteiger partial charge in [-0.3, -0.25) is 0 Å². The zero-order chi connectivity index (χ0) is 15.0. The highest BCUT2D eigenvalue weighted by Gasteiger charge is 2.46. The van der Waals surface area contributed by atoms with Gasteiger partial charge >= 0.3 is 0 Å². The van der Waals surface area contributed by atoms with Crippen LogP contribution in [0.25, 0.3) is 0 Å². The van der Waals surface area contributed by atoms with Gasteiger partial charge in [0.05, 0.1) is 6.10 Å². The van der Waals surface area contributed by atoms with E-state index in [1.807, 2.05) is 30.3 Å². The summed E-state index contributed by atoms with van der Waals surface area (Å²) in [6.45, 7) is 0. The minimum absolute atomic E-state index is 0.183. The molecule has 0 radical (unpaired) electrons. The van der Waals surface area contributed by atoms with E-state index in [4.69, 9.17) is 0 Å². The first-order valence-corrected chi connectivity index (χ1v) is 6.93. The summed E-state index contributed by atoms with van der Waals surface area (Å²) in [5.74, 6) is -4.08. The summed E-state index contributed by atoms with van der Waals surface area (Å²) in [6, 6.07) is 11.3. The number of halogens is 3.